The van der Waals surface area contributed by atoms with Crippen LogP contribution in [-0.2, 0) is 33.9 Å². The van der Waals surface area contributed by atoms with Gasteiger partial charge in [0.05, 0.1) is 0 Å². The van der Waals surface area contributed by atoms with Crippen LogP contribution in [0.1, 0.15) is 11.4 Å². The maximum atomic E-state index is 10.7. The van der Waals surface area contributed by atoms with Crippen LogP contribution in [0.15, 0.2) is 33.7 Å². The summed E-state index contributed by atoms with van der Waals surface area (Å²) in [6, 6.07) is 5.96. The molecule has 0 saturated heterocycles. The van der Waals surface area contributed by atoms with Crippen molar-refractivity contribution in [2.45, 2.75) is 12.8 Å². The van der Waals surface area contributed by atoms with Crippen molar-refractivity contribution in [2.24, 2.45) is 0 Å². The molecule has 18 heavy (non-hydrogen) atoms. The number of rotatable bonds is 3. The van der Waals surface area contributed by atoms with Crippen LogP contribution < -0.4 is 10.9 Å². The average molecular weight is 325 g/mol. The number of aryl methyl sites for hydroxylation is 2. The van der Waals surface area contributed by atoms with Crippen molar-refractivity contribution < 1.29 is 25.6 Å². The smallest absolute Gasteiger partial charge is 0.438 e. The fourth-order valence-corrected chi connectivity index (χ4v) is 1.74. The van der Waals surface area contributed by atoms with Gasteiger partial charge in [-0.2, -0.15) is 0 Å². The number of hydrogen-bond donors (Lipinski definition) is 1. The van der Waals surface area contributed by atoms with E-state index >= 15 is 0 Å². The summed E-state index contributed by atoms with van der Waals surface area (Å²) >= 11 is 0. The summed E-state index contributed by atoms with van der Waals surface area (Å²) in [7, 11) is 0. The third-order valence-corrected chi connectivity index (χ3v) is 2.59. The van der Waals surface area contributed by atoms with Gasteiger partial charge in [-0.15, -0.1) is 5.52 Å². The predicted molar refractivity (Wildman–Crippen MR) is 59.6 cm³/mol. The van der Waals surface area contributed by atoms with Crippen LogP contribution >= 0.6 is 0 Å². The van der Waals surface area contributed by atoms with Crippen LogP contribution in [-0.4, -0.2) is 15.2 Å². The minimum atomic E-state index is -0.514. The minimum absolute atomic E-state index is 0. The van der Waals surface area contributed by atoms with Crippen molar-refractivity contribution in [3.8, 4) is 0 Å². The molecular formula is C11H9MoN4O2-. The molecule has 1 aromatic carbocycles. The zero-order valence-electron chi connectivity index (χ0n) is 9.29. The summed E-state index contributed by atoms with van der Waals surface area (Å²) in [6.45, 7) is 0. The van der Waals surface area contributed by atoms with Crippen molar-refractivity contribution in [1.82, 2.24) is 20.3 Å². The number of hydrogen-bond acceptors (Lipinski definition) is 4. The molecule has 0 aliphatic heterocycles. The second-order valence-corrected chi connectivity index (χ2v) is 3.78. The van der Waals surface area contributed by atoms with E-state index in [0.717, 1.165) is 22.9 Å². The van der Waals surface area contributed by atoms with Gasteiger partial charge in [0.2, 0.25) is 0 Å². The van der Waals surface area contributed by atoms with Crippen LogP contribution in [0.3, 0.4) is 0 Å². The second kappa shape index (κ2) is 5.31. The molecular weight excluding hydrogens is 316 g/mol. The first-order valence-electron chi connectivity index (χ1n) is 5.23. The Morgan fingerprint density at radius 2 is 2.22 bits per heavy atom. The van der Waals surface area contributed by atoms with Gasteiger partial charge in [-0.25, -0.2) is 4.79 Å². The van der Waals surface area contributed by atoms with E-state index in [4.69, 9.17) is 0 Å². The molecule has 0 spiro atoms. The van der Waals surface area contributed by atoms with Crippen LogP contribution in [0.2, 0.25) is 0 Å². The maximum absolute atomic E-state index is 10.7. The van der Waals surface area contributed by atoms with Crippen molar-refractivity contribution >= 4 is 10.9 Å². The number of nitrogens with one attached hydrogen (secondary N) is 1. The fraction of sp³-hybridized carbons (Fsp3) is 0.182. The molecule has 0 atom stereocenters. The maximum Gasteiger partial charge on any atom is 0.438 e. The number of aromatic amines is 1. The Labute approximate surface area is 116 Å². The van der Waals surface area contributed by atoms with E-state index in [-0.39, 0.29) is 21.1 Å². The molecule has 2 aromatic heterocycles. The van der Waals surface area contributed by atoms with Crippen LogP contribution in [0, 0.1) is 0 Å². The molecule has 0 radical (unpaired) electrons. The van der Waals surface area contributed by atoms with Gasteiger partial charge in [0.1, 0.15) is 0 Å². The number of H-pyrrole nitrogens is 1. The molecule has 0 saturated carbocycles. The molecule has 6 nitrogen and oxygen atoms in total. The van der Waals surface area contributed by atoms with Gasteiger partial charge in [0.25, 0.3) is 0 Å². The van der Waals surface area contributed by atoms with Crippen LogP contribution in [0.4, 0.5) is 0 Å². The van der Waals surface area contributed by atoms with E-state index < -0.39 is 5.76 Å². The first-order valence-corrected chi connectivity index (χ1v) is 5.23. The molecule has 1 N–H and O–H groups in total. The van der Waals surface area contributed by atoms with E-state index in [9.17, 15) is 4.79 Å². The van der Waals surface area contributed by atoms with Gasteiger partial charge in [0, 0.05) is 33.7 Å². The molecule has 0 aliphatic rings. The summed E-state index contributed by atoms with van der Waals surface area (Å²) in [5.41, 5.74) is 2.04. The molecule has 3 aromatic rings. The molecule has 92 valence electrons. The van der Waals surface area contributed by atoms with Crippen molar-refractivity contribution in [3.63, 3.8) is 0 Å². The van der Waals surface area contributed by atoms with Gasteiger partial charge >= 0.3 is 5.76 Å². The monoisotopic (exact) mass is 327 g/mol. The van der Waals surface area contributed by atoms with Gasteiger partial charge in [-0.3, -0.25) is 9.51 Å². The molecule has 0 bridgehead atoms. The summed E-state index contributed by atoms with van der Waals surface area (Å²) in [6.07, 6.45) is 3.15. The Balaban J connectivity index is 0.00000120. The van der Waals surface area contributed by atoms with E-state index in [1.807, 2.05) is 18.2 Å². The zero-order valence-corrected chi connectivity index (χ0v) is 11.3. The third-order valence-electron chi connectivity index (χ3n) is 2.59. The predicted octanol–water partition coefficient (Wildman–Crippen LogP) is 0.651. The first-order chi connectivity index (χ1) is 8.31. The summed E-state index contributed by atoms with van der Waals surface area (Å²) < 4.78 is 4.43. The zero-order chi connectivity index (χ0) is 11.7. The Bertz CT molecular complexity index is 700. The number of fused-ring (bicyclic) bond motifs is 1. The third kappa shape index (κ3) is 2.59. The molecule has 3 rings (SSSR count). The van der Waals surface area contributed by atoms with E-state index in [1.54, 1.807) is 6.20 Å². The normalized spacial score (nSPS) is 10.4. The fourth-order valence-electron chi connectivity index (χ4n) is 1.74. The summed E-state index contributed by atoms with van der Waals surface area (Å²) in [5, 5.41) is 12.4. The van der Waals surface area contributed by atoms with Gasteiger partial charge < -0.3 is 10.2 Å². The standard InChI is InChI=1S/C11H10N4O2.Mo/c16-11-13-10(15-17-11)4-2-7-1-3-9-8(5-7)6-12-14-9;/h1,3,5-6H,2,4H2,(H2,12,13,14,15,16);/p-1. The van der Waals surface area contributed by atoms with Crippen LogP contribution in [0.5, 0.6) is 0 Å². The van der Waals surface area contributed by atoms with Crippen LogP contribution in [0.25, 0.3) is 10.9 Å². The van der Waals surface area contributed by atoms with Crippen molar-refractivity contribution in [1.29, 1.82) is 0 Å². The Hall–Kier alpha value is -1.68. The Morgan fingerprint density at radius 1 is 1.33 bits per heavy atom. The molecule has 0 fully saturated rings. The molecule has 0 unspecified atom stereocenters. The summed E-state index contributed by atoms with van der Waals surface area (Å²) in [5.74, 6) is 0.0498. The van der Waals surface area contributed by atoms with Crippen molar-refractivity contribution in [2.75, 3.05) is 0 Å². The quantitative estimate of drug-likeness (QED) is 0.715. The first kappa shape index (κ1) is 12.8. The van der Waals surface area contributed by atoms with Gasteiger partial charge in [-0.05, 0) is 17.4 Å². The molecule has 7 heteroatoms. The molecule has 0 amide bonds. The van der Waals surface area contributed by atoms with E-state index in [1.165, 1.54) is 0 Å². The molecule has 0 aliphatic carbocycles. The number of nitrogens with zero attached hydrogens (tertiary/aromatic N) is 3. The number of aromatic nitrogens is 4. The van der Waals surface area contributed by atoms with Gasteiger partial charge in [-0.1, -0.05) is 23.4 Å². The SMILES string of the molecule is O=c1[nH]c(CCc2ccc3[n-]ncc3c2)no1.[Mo]. The Morgan fingerprint density at radius 3 is 3.00 bits per heavy atom. The summed E-state index contributed by atoms with van der Waals surface area (Å²) in [4.78, 5) is 13.3. The molecule has 2 heterocycles. The largest absolute Gasteiger partial charge is 0.575 e. The van der Waals surface area contributed by atoms with Gasteiger partial charge in [0.15, 0.2) is 5.82 Å². The Kier molecular flexibility index (Phi) is 3.77. The minimum Gasteiger partial charge on any atom is -0.575 e. The van der Waals surface area contributed by atoms with E-state index in [2.05, 4.69) is 24.9 Å². The topological polar surface area (TPSA) is 85.9 Å². The van der Waals surface area contributed by atoms with E-state index in [0.29, 0.717) is 12.2 Å². The second-order valence-electron chi connectivity index (χ2n) is 3.78. The average Bonchev–Trinajstić information content (AvgIpc) is 2.94. The number of benzene rings is 1. The van der Waals surface area contributed by atoms with Crippen molar-refractivity contribution in [3.05, 3.63) is 46.3 Å².